The highest BCUT2D eigenvalue weighted by Crippen LogP contribution is 2.30. The van der Waals surface area contributed by atoms with E-state index in [4.69, 9.17) is 14.5 Å². The number of aliphatic imine (C=N–C) groups is 1. The van der Waals surface area contributed by atoms with Crippen molar-refractivity contribution in [2.24, 2.45) is 4.99 Å². The highest BCUT2D eigenvalue weighted by Gasteiger charge is 2.21. The Morgan fingerprint density at radius 3 is 2.69 bits per heavy atom. The average molecular weight is 398 g/mol. The van der Waals surface area contributed by atoms with Crippen molar-refractivity contribution in [2.45, 2.75) is 20.1 Å². The number of rotatable bonds is 4. The van der Waals surface area contributed by atoms with Crippen LogP contribution in [0.2, 0.25) is 0 Å². The minimum absolute atomic E-state index is 0.191. The second-order valence-electron chi connectivity index (χ2n) is 7.14. The van der Waals surface area contributed by atoms with Crippen LogP contribution in [0.5, 0.6) is 5.75 Å². The molecule has 4 rings (SSSR count). The Labute approximate surface area is 170 Å². The maximum atomic E-state index is 14.0. The van der Waals surface area contributed by atoms with Crippen LogP contribution >= 0.6 is 0 Å². The lowest BCUT2D eigenvalue weighted by Crippen LogP contribution is -2.52. The molecule has 29 heavy (non-hydrogen) atoms. The molecule has 0 aliphatic carbocycles. The molecule has 1 fully saturated rings. The lowest BCUT2D eigenvalue weighted by Gasteiger charge is -2.37. The Morgan fingerprint density at radius 2 is 1.93 bits per heavy atom. The Bertz CT molecular complexity index is 851. The van der Waals surface area contributed by atoms with Crippen LogP contribution in [0.1, 0.15) is 18.1 Å². The zero-order chi connectivity index (χ0) is 20.1. The summed E-state index contributed by atoms with van der Waals surface area (Å²) in [7, 11) is 0. The lowest BCUT2D eigenvalue weighted by atomic mass is 10.1. The number of benzene rings is 2. The smallest absolute Gasteiger partial charge is 0.194 e. The van der Waals surface area contributed by atoms with Gasteiger partial charge in [0.05, 0.1) is 13.2 Å². The molecule has 0 amide bonds. The summed E-state index contributed by atoms with van der Waals surface area (Å²) in [6.07, 6.45) is 0. The van der Waals surface area contributed by atoms with Crippen LogP contribution in [0, 0.1) is 5.82 Å². The zero-order valence-electron chi connectivity index (χ0n) is 16.7. The van der Waals surface area contributed by atoms with Crippen LogP contribution in [0.25, 0.3) is 0 Å². The summed E-state index contributed by atoms with van der Waals surface area (Å²) in [6.45, 7) is 7.39. The first-order valence-corrected chi connectivity index (χ1v) is 10.1. The van der Waals surface area contributed by atoms with Crippen LogP contribution in [0.4, 0.5) is 10.1 Å². The highest BCUT2D eigenvalue weighted by atomic mass is 19.1. The van der Waals surface area contributed by atoms with E-state index in [2.05, 4.69) is 46.3 Å². The van der Waals surface area contributed by atoms with Crippen molar-refractivity contribution in [1.29, 1.82) is 0 Å². The number of hydrogen-bond acceptors (Lipinski definition) is 4. The molecule has 0 atom stereocenters. The van der Waals surface area contributed by atoms with Gasteiger partial charge in [0.25, 0.3) is 0 Å². The summed E-state index contributed by atoms with van der Waals surface area (Å²) >= 11 is 0. The molecule has 0 bridgehead atoms. The molecule has 6 nitrogen and oxygen atoms in total. The maximum absolute atomic E-state index is 14.0. The molecule has 154 valence electrons. The summed E-state index contributed by atoms with van der Waals surface area (Å²) < 4.78 is 24.9. The quantitative estimate of drug-likeness (QED) is 0.634. The summed E-state index contributed by atoms with van der Waals surface area (Å²) in [5, 5.41) is 3.37. The van der Waals surface area contributed by atoms with Gasteiger partial charge in [-0.05, 0) is 31.2 Å². The summed E-state index contributed by atoms with van der Waals surface area (Å²) in [5.41, 5.74) is 2.74. The van der Waals surface area contributed by atoms with Crippen molar-refractivity contribution in [3.05, 3.63) is 59.4 Å². The van der Waals surface area contributed by atoms with E-state index < -0.39 is 0 Å². The van der Waals surface area contributed by atoms with Crippen molar-refractivity contribution in [3.8, 4) is 5.75 Å². The van der Waals surface area contributed by atoms with Gasteiger partial charge < -0.3 is 24.6 Å². The van der Waals surface area contributed by atoms with Gasteiger partial charge in [0.2, 0.25) is 0 Å². The number of halogens is 1. The van der Waals surface area contributed by atoms with Gasteiger partial charge in [0.1, 0.15) is 11.6 Å². The molecule has 0 spiro atoms. The molecule has 1 saturated heterocycles. The van der Waals surface area contributed by atoms with Gasteiger partial charge in [0.15, 0.2) is 12.8 Å². The Kier molecular flexibility index (Phi) is 6.14. The van der Waals surface area contributed by atoms with Crippen LogP contribution in [-0.2, 0) is 17.9 Å². The van der Waals surface area contributed by atoms with Gasteiger partial charge >= 0.3 is 0 Å². The SMILES string of the molecule is CCNC(=NCc1cc(F)cc2c1OCOC2)N1CCN(c2ccccc2)CC1. The third kappa shape index (κ3) is 4.62. The summed E-state index contributed by atoms with van der Waals surface area (Å²) in [5.74, 6) is 1.26. The van der Waals surface area contributed by atoms with E-state index in [9.17, 15) is 4.39 Å². The van der Waals surface area contributed by atoms with Gasteiger partial charge in [-0.3, -0.25) is 0 Å². The molecule has 1 N–H and O–H groups in total. The average Bonchev–Trinajstić information content (AvgIpc) is 2.77. The number of nitrogens with one attached hydrogen (secondary N) is 1. The third-order valence-corrected chi connectivity index (χ3v) is 5.19. The normalized spacial score (nSPS) is 17.0. The van der Waals surface area contributed by atoms with Crippen molar-refractivity contribution in [2.75, 3.05) is 44.4 Å². The van der Waals surface area contributed by atoms with E-state index in [0.29, 0.717) is 18.9 Å². The summed E-state index contributed by atoms with van der Waals surface area (Å²) in [4.78, 5) is 9.43. The van der Waals surface area contributed by atoms with E-state index in [1.54, 1.807) is 0 Å². The third-order valence-electron chi connectivity index (χ3n) is 5.19. The van der Waals surface area contributed by atoms with E-state index in [-0.39, 0.29) is 12.6 Å². The number of anilines is 1. The lowest BCUT2D eigenvalue weighted by molar-refractivity contribution is -0.0172. The first-order chi connectivity index (χ1) is 14.2. The number of piperazine rings is 1. The predicted octanol–water partition coefficient (Wildman–Crippen LogP) is 2.98. The molecule has 2 aromatic rings. The Balaban J connectivity index is 1.46. The molecule has 2 aliphatic rings. The fourth-order valence-electron chi connectivity index (χ4n) is 3.78. The van der Waals surface area contributed by atoms with Crippen molar-refractivity contribution in [1.82, 2.24) is 10.2 Å². The molecule has 0 unspecified atom stereocenters. The van der Waals surface area contributed by atoms with Crippen LogP contribution in [0.3, 0.4) is 0 Å². The van der Waals surface area contributed by atoms with Crippen LogP contribution in [0.15, 0.2) is 47.5 Å². The number of ether oxygens (including phenoxy) is 2. The minimum atomic E-state index is -0.287. The standard InChI is InChI=1S/C22H27FN4O2/c1-2-24-22(27-10-8-26(9-11-27)20-6-4-3-5-7-20)25-14-17-12-19(23)13-18-15-28-16-29-21(17)18/h3-7,12-13H,2,8-11,14-16H2,1H3,(H,24,25). The van der Waals surface area contributed by atoms with Gasteiger partial charge in [-0.15, -0.1) is 0 Å². The Morgan fingerprint density at radius 1 is 1.14 bits per heavy atom. The van der Waals surface area contributed by atoms with Crippen molar-refractivity contribution < 1.29 is 13.9 Å². The van der Waals surface area contributed by atoms with Crippen molar-refractivity contribution in [3.63, 3.8) is 0 Å². The van der Waals surface area contributed by atoms with E-state index >= 15 is 0 Å². The Hall–Kier alpha value is -2.80. The monoisotopic (exact) mass is 398 g/mol. The van der Waals surface area contributed by atoms with Crippen LogP contribution in [-0.4, -0.2) is 50.4 Å². The minimum Gasteiger partial charge on any atom is -0.467 e. The second kappa shape index (κ2) is 9.13. The first kappa shape index (κ1) is 19.5. The molecule has 0 radical (unpaired) electrons. The van der Waals surface area contributed by atoms with Gasteiger partial charge in [-0.25, -0.2) is 9.38 Å². The maximum Gasteiger partial charge on any atom is 0.194 e. The van der Waals surface area contributed by atoms with Gasteiger partial charge in [-0.2, -0.15) is 0 Å². The molecule has 2 aromatic carbocycles. The second-order valence-corrected chi connectivity index (χ2v) is 7.14. The molecule has 0 saturated carbocycles. The molecule has 7 heteroatoms. The van der Waals surface area contributed by atoms with Crippen molar-refractivity contribution >= 4 is 11.6 Å². The highest BCUT2D eigenvalue weighted by molar-refractivity contribution is 5.80. The number of nitrogens with zero attached hydrogens (tertiary/aromatic N) is 3. The van der Waals surface area contributed by atoms with Gasteiger partial charge in [0, 0.05) is 49.5 Å². The molecular weight excluding hydrogens is 371 g/mol. The number of fused-ring (bicyclic) bond motifs is 1. The van der Waals surface area contributed by atoms with Gasteiger partial charge in [-0.1, -0.05) is 18.2 Å². The number of para-hydroxylation sites is 1. The largest absolute Gasteiger partial charge is 0.467 e. The fourth-order valence-corrected chi connectivity index (χ4v) is 3.78. The molecule has 2 aliphatic heterocycles. The zero-order valence-corrected chi connectivity index (χ0v) is 16.7. The predicted molar refractivity (Wildman–Crippen MR) is 112 cm³/mol. The van der Waals surface area contributed by atoms with Crippen LogP contribution < -0.4 is 15.0 Å². The topological polar surface area (TPSA) is 49.3 Å². The van der Waals surface area contributed by atoms with E-state index in [0.717, 1.165) is 49.8 Å². The number of guanidine groups is 1. The molecular formula is C22H27FN4O2. The molecule has 2 heterocycles. The molecule has 0 aromatic heterocycles. The first-order valence-electron chi connectivity index (χ1n) is 10.1. The number of hydrogen-bond donors (Lipinski definition) is 1. The van der Waals surface area contributed by atoms with E-state index in [1.807, 2.05) is 6.07 Å². The summed E-state index contributed by atoms with van der Waals surface area (Å²) in [6, 6.07) is 13.4. The fraction of sp³-hybridized carbons (Fsp3) is 0.409. The van der Waals surface area contributed by atoms with E-state index in [1.165, 1.54) is 17.8 Å².